The minimum Gasteiger partial charge on any atom is -1.00 e. The Morgan fingerprint density at radius 3 is 2.40 bits per heavy atom. The molecule has 0 atom stereocenters. The Labute approximate surface area is 85.5 Å². The van der Waals surface area contributed by atoms with E-state index in [1.807, 2.05) is 0 Å². The van der Waals surface area contributed by atoms with E-state index < -0.39 is 0 Å². The SMILES string of the molecule is O=CNC1CCCCC1.[H-].[Na+]. The van der Waals surface area contributed by atoms with Crippen LogP contribution in [0.5, 0.6) is 0 Å². The van der Waals surface area contributed by atoms with Crippen LogP contribution in [0.25, 0.3) is 0 Å². The molecule has 54 valence electrons. The molecule has 1 aliphatic carbocycles. The van der Waals surface area contributed by atoms with Crippen LogP contribution in [-0.2, 0) is 4.79 Å². The van der Waals surface area contributed by atoms with Crippen LogP contribution in [0.4, 0.5) is 0 Å². The van der Waals surface area contributed by atoms with Gasteiger partial charge in [-0.1, -0.05) is 19.3 Å². The van der Waals surface area contributed by atoms with Crippen molar-refractivity contribution < 1.29 is 35.8 Å². The van der Waals surface area contributed by atoms with E-state index in [0.717, 1.165) is 6.41 Å². The molecule has 0 bridgehead atoms. The first-order valence-corrected chi connectivity index (χ1v) is 3.63. The number of amides is 1. The van der Waals surface area contributed by atoms with Crippen molar-refractivity contribution >= 4 is 6.41 Å². The first-order chi connectivity index (χ1) is 4.43. The molecule has 0 aliphatic heterocycles. The van der Waals surface area contributed by atoms with E-state index in [1.54, 1.807) is 0 Å². The zero-order valence-corrected chi connectivity index (χ0v) is 8.60. The molecule has 1 aliphatic rings. The fourth-order valence-electron chi connectivity index (χ4n) is 1.37. The largest absolute Gasteiger partial charge is 1.00 e. The summed E-state index contributed by atoms with van der Waals surface area (Å²) in [6.45, 7) is 0. The molecular formula is C7H14NNaO. The standard InChI is InChI=1S/C7H13NO.Na.H/c9-6-8-7-4-2-1-3-5-7;;/h6-7H,1-5H2,(H,8,9);;/q;+1;-1. The van der Waals surface area contributed by atoms with Crippen LogP contribution in [0.1, 0.15) is 33.5 Å². The molecule has 0 heterocycles. The van der Waals surface area contributed by atoms with Crippen LogP contribution in [0, 0.1) is 0 Å². The van der Waals surface area contributed by atoms with E-state index in [1.165, 1.54) is 32.1 Å². The van der Waals surface area contributed by atoms with Gasteiger partial charge >= 0.3 is 29.6 Å². The van der Waals surface area contributed by atoms with Gasteiger partial charge in [-0.25, -0.2) is 0 Å². The van der Waals surface area contributed by atoms with Gasteiger partial charge in [0.15, 0.2) is 0 Å². The minimum absolute atomic E-state index is 0. The van der Waals surface area contributed by atoms with E-state index in [0.29, 0.717) is 6.04 Å². The maximum atomic E-state index is 9.96. The van der Waals surface area contributed by atoms with Crippen molar-refractivity contribution in [3.63, 3.8) is 0 Å². The topological polar surface area (TPSA) is 29.1 Å². The van der Waals surface area contributed by atoms with Gasteiger partial charge in [-0.05, 0) is 12.8 Å². The predicted molar refractivity (Wildman–Crippen MR) is 37.2 cm³/mol. The maximum absolute atomic E-state index is 9.96. The van der Waals surface area contributed by atoms with Crippen LogP contribution in [0.2, 0.25) is 0 Å². The second-order valence-electron chi connectivity index (χ2n) is 2.62. The number of carbonyl (C=O) groups excluding carboxylic acids is 1. The molecule has 0 radical (unpaired) electrons. The molecule has 0 aromatic rings. The fraction of sp³-hybridized carbons (Fsp3) is 0.857. The van der Waals surface area contributed by atoms with E-state index in [9.17, 15) is 4.79 Å². The third-order valence-electron chi connectivity index (χ3n) is 1.91. The number of hydrogen-bond donors (Lipinski definition) is 1. The smallest absolute Gasteiger partial charge is 1.00 e. The summed E-state index contributed by atoms with van der Waals surface area (Å²) in [7, 11) is 0. The van der Waals surface area contributed by atoms with Crippen molar-refractivity contribution in [1.29, 1.82) is 0 Å². The van der Waals surface area contributed by atoms with Crippen molar-refractivity contribution in [2.45, 2.75) is 38.1 Å². The van der Waals surface area contributed by atoms with Crippen LogP contribution in [0.15, 0.2) is 0 Å². The Morgan fingerprint density at radius 2 is 1.90 bits per heavy atom. The molecule has 10 heavy (non-hydrogen) atoms. The van der Waals surface area contributed by atoms with E-state index in [-0.39, 0.29) is 31.0 Å². The summed E-state index contributed by atoms with van der Waals surface area (Å²) in [6.07, 6.45) is 7.08. The second kappa shape index (κ2) is 6.20. The molecule has 1 fully saturated rings. The summed E-state index contributed by atoms with van der Waals surface area (Å²) in [4.78, 5) is 9.96. The monoisotopic (exact) mass is 151 g/mol. The van der Waals surface area contributed by atoms with E-state index >= 15 is 0 Å². The fourth-order valence-corrected chi connectivity index (χ4v) is 1.37. The first kappa shape index (κ1) is 10.5. The maximum Gasteiger partial charge on any atom is 1.00 e. The van der Waals surface area contributed by atoms with Gasteiger partial charge in [0.1, 0.15) is 0 Å². The molecule has 0 aromatic carbocycles. The summed E-state index contributed by atoms with van der Waals surface area (Å²) in [5.74, 6) is 0. The van der Waals surface area contributed by atoms with Crippen molar-refractivity contribution in [2.24, 2.45) is 0 Å². The van der Waals surface area contributed by atoms with Gasteiger partial charge in [-0.2, -0.15) is 0 Å². The van der Waals surface area contributed by atoms with Crippen LogP contribution < -0.4 is 34.9 Å². The molecule has 0 unspecified atom stereocenters. The molecule has 1 saturated carbocycles. The zero-order chi connectivity index (χ0) is 6.53. The number of carbonyl (C=O) groups is 1. The van der Waals surface area contributed by atoms with E-state index in [2.05, 4.69) is 5.32 Å². The Balaban J connectivity index is 0. The number of hydrogen-bond acceptors (Lipinski definition) is 1. The van der Waals surface area contributed by atoms with Gasteiger partial charge in [0, 0.05) is 6.04 Å². The summed E-state index contributed by atoms with van der Waals surface area (Å²) >= 11 is 0. The Bertz CT molecular complexity index is 96.4. The first-order valence-electron chi connectivity index (χ1n) is 3.63. The van der Waals surface area contributed by atoms with Crippen molar-refractivity contribution in [3.8, 4) is 0 Å². The third kappa shape index (κ3) is 3.59. The normalized spacial score (nSPS) is 19.2. The molecule has 1 rings (SSSR count). The van der Waals surface area contributed by atoms with E-state index in [4.69, 9.17) is 0 Å². The number of nitrogens with one attached hydrogen (secondary N) is 1. The van der Waals surface area contributed by atoms with Gasteiger partial charge in [0.2, 0.25) is 6.41 Å². The summed E-state index contributed by atoms with van der Waals surface area (Å²) in [5, 5.41) is 2.80. The Kier molecular flexibility index (Phi) is 6.49. The summed E-state index contributed by atoms with van der Waals surface area (Å²) < 4.78 is 0. The molecule has 0 spiro atoms. The van der Waals surface area contributed by atoms with Crippen LogP contribution >= 0.6 is 0 Å². The van der Waals surface area contributed by atoms with Gasteiger partial charge in [-0.3, -0.25) is 4.79 Å². The van der Waals surface area contributed by atoms with Gasteiger partial charge in [0.25, 0.3) is 0 Å². The number of rotatable bonds is 2. The summed E-state index contributed by atoms with van der Waals surface area (Å²) in [6, 6.07) is 0.483. The van der Waals surface area contributed by atoms with Crippen molar-refractivity contribution in [1.82, 2.24) is 5.32 Å². The average Bonchev–Trinajstić information content (AvgIpc) is 1.91. The third-order valence-corrected chi connectivity index (χ3v) is 1.91. The summed E-state index contributed by atoms with van der Waals surface area (Å²) in [5.41, 5.74) is 0. The average molecular weight is 151 g/mol. The Hall–Kier alpha value is 0.470. The van der Waals surface area contributed by atoms with Gasteiger partial charge < -0.3 is 6.74 Å². The second-order valence-corrected chi connectivity index (χ2v) is 2.62. The van der Waals surface area contributed by atoms with Gasteiger partial charge in [-0.15, -0.1) is 0 Å². The van der Waals surface area contributed by atoms with Crippen LogP contribution in [-0.4, -0.2) is 12.5 Å². The molecule has 0 aromatic heterocycles. The minimum atomic E-state index is 0. The molecule has 2 nitrogen and oxygen atoms in total. The quantitative estimate of drug-likeness (QED) is 0.365. The molecule has 1 N–H and O–H groups in total. The van der Waals surface area contributed by atoms with Crippen molar-refractivity contribution in [2.75, 3.05) is 0 Å². The predicted octanol–water partition coefficient (Wildman–Crippen LogP) is -1.82. The molecule has 1 amide bonds. The van der Waals surface area contributed by atoms with Gasteiger partial charge in [0.05, 0.1) is 0 Å². The molecule has 3 heteroatoms. The molecule has 0 saturated heterocycles. The Morgan fingerprint density at radius 1 is 1.30 bits per heavy atom. The molecular weight excluding hydrogens is 137 g/mol. The van der Waals surface area contributed by atoms with Crippen LogP contribution in [0.3, 0.4) is 0 Å². The zero-order valence-electron chi connectivity index (χ0n) is 7.60. The van der Waals surface area contributed by atoms with Crippen molar-refractivity contribution in [3.05, 3.63) is 0 Å².